The van der Waals surface area contributed by atoms with Gasteiger partial charge in [-0.05, 0) is 58.7 Å². The van der Waals surface area contributed by atoms with Crippen molar-refractivity contribution in [2.24, 2.45) is 5.92 Å². The van der Waals surface area contributed by atoms with Gasteiger partial charge in [0.15, 0.2) is 19.3 Å². The molecule has 0 bridgehead atoms. The Balaban J connectivity index is 1.85. The van der Waals surface area contributed by atoms with Crippen LogP contribution in [0.2, 0.25) is 0 Å². The third-order valence-electron chi connectivity index (χ3n) is 5.45. The number of carbonyl (C=O) groups is 3. The lowest BCUT2D eigenvalue weighted by atomic mass is 9.93. The molecule has 0 radical (unpaired) electrons. The molecule has 2 N–H and O–H groups in total. The van der Waals surface area contributed by atoms with Gasteiger partial charge in [-0.15, -0.1) is 0 Å². The van der Waals surface area contributed by atoms with E-state index >= 15 is 0 Å². The molecule has 1 aromatic carbocycles. The number of pyridine rings is 1. The Morgan fingerprint density at radius 3 is 2.43 bits per heavy atom. The first-order valence-electron chi connectivity index (χ1n) is 11.7. The van der Waals surface area contributed by atoms with E-state index in [0.717, 1.165) is 5.56 Å². The number of nitrogens with one attached hydrogen (secondary N) is 1. The number of aromatic nitrogens is 1. The van der Waals surface area contributed by atoms with Crippen LogP contribution in [0.15, 0.2) is 47.5 Å². The van der Waals surface area contributed by atoms with Gasteiger partial charge >= 0.3 is 34.0 Å². The van der Waals surface area contributed by atoms with E-state index in [-0.39, 0.29) is 11.3 Å². The fourth-order valence-corrected chi connectivity index (χ4v) is 4.61. The molecular formula is C25H31N2O9S+. The second-order valence-electron chi connectivity index (χ2n) is 9.76. The maximum Gasteiger partial charge on any atom is 0.408 e. The zero-order chi connectivity index (χ0) is 27.4. The Morgan fingerprint density at radius 1 is 1.14 bits per heavy atom. The molecule has 0 saturated carbocycles. The monoisotopic (exact) mass is 535 g/mol. The number of aliphatic carboxylic acids is 1. The smallest absolute Gasteiger partial charge is 0.408 e. The van der Waals surface area contributed by atoms with Crippen molar-refractivity contribution in [2.45, 2.75) is 63.6 Å². The first-order valence-corrected chi connectivity index (χ1v) is 13.1. The number of alkyl carbamates (subject to hydrolysis) is 1. The van der Waals surface area contributed by atoms with Crippen LogP contribution >= 0.6 is 0 Å². The molecule has 1 amide bonds. The summed E-state index contributed by atoms with van der Waals surface area (Å²) >= 11 is 0. The van der Waals surface area contributed by atoms with E-state index in [4.69, 9.17) is 13.7 Å². The predicted octanol–water partition coefficient (Wildman–Crippen LogP) is 2.13. The van der Waals surface area contributed by atoms with Crippen LogP contribution in [-0.2, 0) is 41.6 Å². The third-order valence-corrected chi connectivity index (χ3v) is 6.69. The van der Waals surface area contributed by atoms with Crippen molar-refractivity contribution < 1.29 is 46.1 Å². The van der Waals surface area contributed by atoms with Gasteiger partial charge in [0.25, 0.3) is 0 Å². The largest absolute Gasteiger partial charge is 0.480 e. The highest BCUT2D eigenvalue weighted by Gasteiger charge is 2.34. The number of nitrogens with zero attached hydrogens (tertiary/aromatic N) is 1. The second kappa shape index (κ2) is 11.2. The Bertz CT molecular complexity index is 1270. The van der Waals surface area contributed by atoms with Gasteiger partial charge in [0.2, 0.25) is 0 Å². The highest BCUT2D eigenvalue weighted by atomic mass is 32.2. The molecule has 2 heterocycles. The standard InChI is InChI=1S/C25H30N2O9S/c1-16-5-8-19(9-6-16)37(32,33)36-23(30)18(13-17-7-10-21-27(15-17)11-12-34-21)14-20(22(28)29)26-24(31)35-25(2,3)4/h5-10,15,18,20H,11-14H2,1-4H3,(H-,26,28,29,31)/p+1/t18-,20+/m0/s1. The van der Waals surface area contributed by atoms with E-state index in [1.54, 1.807) is 58.2 Å². The number of hydrogen-bond donors (Lipinski definition) is 2. The average Bonchev–Trinajstić information content (AvgIpc) is 3.24. The minimum atomic E-state index is -4.46. The van der Waals surface area contributed by atoms with Gasteiger partial charge in [0, 0.05) is 5.56 Å². The Kier molecular flexibility index (Phi) is 8.42. The number of benzene rings is 1. The fourth-order valence-electron chi connectivity index (χ4n) is 3.69. The van der Waals surface area contributed by atoms with Gasteiger partial charge in [-0.25, -0.2) is 9.59 Å². The maximum atomic E-state index is 13.1. The lowest BCUT2D eigenvalue weighted by Crippen LogP contribution is -2.45. The molecule has 12 heteroatoms. The number of amides is 1. The number of carboxylic acids is 1. The highest BCUT2D eigenvalue weighted by Crippen LogP contribution is 2.22. The normalized spacial score (nSPS) is 14.6. The Labute approximate surface area is 215 Å². The zero-order valence-electron chi connectivity index (χ0n) is 21.1. The molecular weight excluding hydrogens is 504 g/mol. The van der Waals surface area contributed by atoms with Gasteiger partial charge in [-0.1, -0.05) is 17.7 Å². The van der Waals surface area contributed by atoms with Crippen LogP contribution in [-0.4, -0.2) is 49.8 Å². The molecule has 0 aliphatic carbocycles. The highest BCUT2D eigenvalue weighted by molar-refractivity contribution is 7.87. The van der Waals surface area contributed by atoms with Crippen LogP contribution in [0.1, 0.15) is 38.3 Å². The summed E-state index contributed by atoms with van der Waals surface area (Å²) in [5.41, 5.74) is 0.571. The van der Waals surface area contributed by atoms with Crippen LogP contribution in [0.25, 0.3) is 0 Å². The molecule has 0 saturated heterocycles. The van der Waals surface area contributed by atoms with Crippen molar-refractivity contribution in [3.63, 3.8) is 0 Å². The summed E-state index contributed by atoms with van der Waals surface area (Å²) in [7, 11) is -4.46. The van der Waals surface area contributed by atoms with Crippen molar-refractivity contribution in [2.75, 3.05) is 6.61 Å². The van der Waals surface area contributed by atoms with E-state index < -0.39 is 52.1 Å². The van der Waals surface area contributed by atoms with Crippen molar-refractivity contribution in [3.05, 3.63) is 53.7 Å². The molecule has 1 aliphatic rings. The first kappa shape index (κ1) is 27.9. The minimum Gasteiger partial charge on any atom is -0.480 e. The summed E-state index contributed by atoms with van der Waals surface area (Å²) in [4.78, 5) is 37.1. The summed E-state index contributed by atoms with van der Waals surface area (Å²) in [6, 6.07) is 7.62. The predicted molar refractivity (Wildman–Crippen MR) is 129 cm³/mol. The SMILES string of the molecule is Cc1ccc(S(=O)(=O)OC(=O)[C@@H](Cc2ccc3[n+](c2)CCO3)C[C@@H](NC(=O)OC(C)(C)C)C(=O)O)cc1. The lowest BCUT2D eigenvalue weighted by molar-refractivity contribution is -0.680. The number of hydrogen-bond acceptors (Lipinski definition) is 8. The molecule has 0 fully saturated rings. The second-order valence-corrected chi connectivity index (χ2v) is 11.3. The van der Waals surface area contributed by atoms with Crippen LogP contribution < -0.4 is 14.6 Å². The average molecular weight is 536 g/mol. The summed E-state index contributed by atoms with van der Waals surface area (Å²) in [6.45, 7) is 7.72. The van der Waals surface area contributed by atoms with Gasteiger partial charge < -0.3 is 24.1 Å². The van der Waals surface area contributed by atoms with Crippen LogP contribution in [0, 0.1) is 12.8 Å². The molecule has 3 rings (SSSR count). The van der Waals surface area contributed by atoms with Crippen molar-refractivity contribution >= 4 is 28.1 Å². The summed E-state index contributed by atoms with van der Waals surface area (Å²) < 4.78 is 42.8. The number of aryl methyl sites for hydroxylation is 1. The van der Waals surface area contributed by atoms with E-state index in [1.165, 1.54) is 12.1 Å². The van der Waals surface area contributed by atoms with Crippen LogP contribution in [0.3, 0.4) is 0 Å². The van der Waals surface area contributed by atoms with E-state index in [2.05, 4.69) is 5.32 Å². The number of ether oxygens (including phenoxy) is 2. The van der Waals surface area contributed by atoms with E-state index in [1.807, 2.05) is 4.57 Å². The Hall–Kier alpha value is -3.67. The van der Waals surface area contributed by atoms with Gasteiger partial charge in [0.1, 0.15) is 16.5 Å². The van der Waals surface area contributed by atoms with Gasteiger partial charge in [-0.3, -0.25) is 4.79 Å². The maximum absolute atomic E-state index is 13.1. The van der Waals surface area contributed by atoms with Crippen molar-refractivity contribution in [1.82, 2.24) is 5.32 Å². The van der Waals surface area contributed by atoms with Crippen molar-refractivity contribution in [1.29, 1.82) is 0 Å². The fraction of sp³-hybridized carbons (Fsp3) is 0.440. The van der Waals surface area contributed by atoms with Gasteiger partial charge in [0.05, 0.1) is 12.0 Å². The molecule has 37 heavy (non-hydrogen) atoms. The zero-order valence-corrected chi connectivity index (χ0v) is 21.9. The van der Waals surface area contributed by atoms with Gasteiger partial charge in [-0.2, -0.15) is 13.0 Å². The summed E-state index contributed by atoms with van der Waals surface area (Å²) in [5, 5.41) is 12.0. The number of carbonyl (C=O) groups excluding carboxylic acids is 2. The third kappa shape index (κ3) is 7.91. The Morgan fingerprint density at radius 2 is 1.81 bits per heavy atom. The number of rotatable bonds is 9. The van der Waals surface area contributed by atoms with Crippen LogP contribution in [0.5, 0.6) is 5.88 Å². The summed E-state index contributed by atoms with van der Waals surface area (Å²) in [6.07, 6.45) is 0.287. The quantitative estimate of drug-likeness (QED) is 0.364. The van der Waals surface area contributed by atoms with E-state index in [0.29, 0.717) is 24.6 Å². The molecule has 1 aromatic heterocycles. The van der Waals surface area contributed by atoms with E-state index in [9.17, 15) is 27.9 Å². The first-order chi connectivity index (χ1) is 17.2. The molecule has 200 valence electrons. The molecule has 0 spiro atoms. The lowest BCUT2D eigenvalue weighted by Gasteiger charge is -2.24. The number of fused-ring (bicyclic) bond motifs is 1. The molecule has 1 aliphatic heterocycles. The van der Waals surface area contributed by atoms with Crippen molar-refractivity contribution in [3.8, 4) is 5.88 Å². The van der Waals surface area contributed by atoms with Crippen LogP contribution in [0.4, 0.5) is 4.79 Å². The minimum absolute atomic E-state index is 0.0394. The topological polar surface area (TPSA) is 149 Å². The molecule has 0 unspecified atom stereocenters. The summed E-state index contributed by atoms with van der Waals surface area (Å²) in [5.74, 6) is -3.14. The molecule has 2 atom stereocenters. The molecule has 2 aromatic rings. The number of carboxylic acid groups (broad SMARTS) is 1. The molecule has 11 nitrogen and oxygen atoms in total.